The van der Waals surface area contributed by atoms with Gasteiger partial charge in [0.15, 0.2) is 0 Å². The lowest BCUT2D eigenvalue weighted by Crippen LogP contribution is -2.13. The van der Waals surface area contributed by atoms with Gasteiger partial charge < -0.3 is 18.9 Å². The Morgan fingerprint density at radius 2 is 1.59 bits per heavy atom. The van der Waals surface area contributed by atoms with Crippen LogP contribution in [0.3, 0.4) is 0 Å². The smallest absolute Gasteiger partial charge is 0.348 e. The van der Waals surface area contributed by atoms with E-state index in [1.54, 1.807) is 0 Å². The Morgan fingerprint density at radius 1 is 1.00 bits per heavy atom. The first-order chi connectivity index (χ1) is 10.6. The number of rotatable bonds is 12. The van der Waals surface area contributed by atoms with E-state index in [1.807, 2.05) is 19.1 Å². The highest BCUT2D eigenvalue weighted by molar-refractivity contribution is 7.14. The minimum atomic E-state index is -0.284. The topological polar surface area (TPSA) is 54.0 Å². The minimum Gasteiger partial charge on any atom is -0.459 e. The van der Waals surface area contributed by atoms with Gasteiger partial charge in [-0.2, -0.15) is 0 Å². The van der Waals surface area contributed by atoms with E-state index in [2.05, 4.69) is 13.8 Å². The number of carbonyl (C=O) groups excluding carboxylic acids is 1. The fourth-order valence-corrected chi connectivity index (χ4v) is 2.53. The molecular weight excluding hydrogens is 304 g/mol. The molecule has 0 aromatic carbocycles. The molecular formula is C16H26O5S. The van der Waals surface area contributed by atoms with Crippen molar-refractivity contribution in [1.29, 1.82) is 0 Å². The van der Waals surface area contributed by atoms with Crippen molar-refractivity contribution in [3.05, 3.63) is 21.9 Å². The molecule has 0 aliphatic heterocycles. The Labute approximate surface area is 136 Å². The fraction of sp³-hybridized carbons (Fsp3) is 0.688. The normalized spacial score (nSPS) is 11.1. The maximum atomic E-state index is 11.8. The molecule has 0 N–H and O–H groups in total. The second-order valence-electron chi connectivity index (χ2n) is 4.91. The number of hydrogen-bond donors (Lipinski definition) is 0. The summed E-state index contributed by atoms with van der Waals surface area (Å²) in [6.07, 6.45) is 0. The van der Waals surface area contributed by atoms with Crippen LogP contribution in [0.15, 0.2) is 12.1 Å². The van der Waals surface area contributed by atoms with Gasteiger partial charge in [0.25, 0.3) is 0 Å². The highest BCUT2D eigenvalue weighted by Crippen LogP contribution is 2.24. The van der Waals surface area contributed by atoms with E-state index in [-0.39, 0.29) is 12.6 Å². The number of esters is 1. The standard InChI is InChI=1S/C16H26O5S/c1-4-18-7-8-19-9-10-20-11-12-21-16(17)15-6-5-14(22-15)13(2)3/h5-6,13H,4,7-12H2,1-3H3. The molecule has 6 heteroatoms. The van der Waals surface area contributed by atoms with E-state index in [9.17, 15) is 4.79 Å². The van der Waals surface area contributed by atoms with Gasteiger partial charge in [-0.25, -0.2) is 4.79 Å². The molecule has 1 aromatic rings. The lowest BCUT2D eigenvalue weighted by Gasteiger charge is -2.06. The molecule has 5 nitrogen and oxygen atoms in total. The van der Waals surface area contributed by atoms with E-state index in [0.29, 0.717) is 50.4 Å². The zero-order valence-electron chi connectivity index (χ0n) is 13.6. The molecule has 0 unspecified atom stereocenters. The first-order valence-corrected chi connectivity index (χ1v) is 8.46. The summed E-state index contributed by atoms with van der Waals surface area (Å²) in [5.74, 6) is 0.145. The summed E-state index contributed by atoms with van der Waals surface area (Å²) in [5.41, 5.74) is 0. The summed E-state index contributed by atoms with van der Waals surface area (Å²) in [5, 5.41) is 0. The van der Waals surface area contributed by atoms with E-state index < -0.39 is 0 Å². The van der Waals surface area contributed by atoms with Crippen LogP contribution in [0.4, 0.5) is 0 Å². The van der Waals surface area contributed by atoms with Crippen molar-refractivity contribution in [2.75, 3.05) is 46.2 Å². The van der Waals surface area contributed by atoms with Crippen molar-refractivity contribution in [3.63, 3.8) is 0 Å². The van der Waals surface area contributed by atoms with E-state index in [4.69, 9.17) is 18.9 Å². The van der Waals surface area contributed by atoms with Gasteiger partial charge in [-0.05, 0) is 25.0 Å². The van der Waals surface area contributed by atoms with Gasteiger partial charge in [-0.15, -0.1) is 11.3 Å². The Bertz CT molecular complexity index is 416. The summed E-state index contributed by atoms with van der Waals surface area (Å²) >= 11 is 1.48. The molecule has 0 saturated heterocycles. The maximum Gasteiger partial charge on any atom is 0.348 e. The number of thiophene rings is 1. The van der Waals surface area contributed by atoms with Gasteiger partial charge in [-0.1, -0.05) is 13.8 Å². The van der Waals surface area contributed by atoms with Crippen LogP contribution in [0, 0.1) is 0 Å². The van der Waals surface area contributed by atoms with Crippen LogP contribution >= 0.6 is 11.3 Å². The van der Waals surface area contributed by atoms with E-state index in [1.165, 1.54) is 16.2 Å². The highest BCUT2D eigenvalue weighted by Gasteiger charge is 2.11. The largest absolute Gasteiger partial charge is 0.459 e. The Kier molecular flexibility index (Phi) is 10.1. The molecule has 1 aromatic heterocycles. The minimum absolute atomic E-state index is 0.257. The average Bonchev–Trinajstić information content (AvgIpc) is 2.99. The third-order valence-electron chi connectivity index (χ3n) is 2.81. The lowest BCUT2D eigenvalue weighted by molar-refractivity contribution is 0.00195. The number of hydrogen-bond acceptors (Lipinski definition) is 6. The predicted molar refractivity (Wildman–Crippen MR) is 86.8 cm³/mol. The van der Waals surface area contributed by atoms with Crippen molar-refractivity contribution < 1.29 is 23.7 Å². The molecule has 1 rings (SSSR count). The summed E-state index contributed by atoms with van der Waals surface area (Å²) < 4.78 is 20.9. The van der Waals surface area contributed by atoms with Crippen LogP contribution < -0.4 is 0 Å². The molecule has 0 saturated carbocycles. The van der Waals surface area contributed by atoms with Gasteiger partial charge in [-0.3, -0.25) is 0 Å². The predicted octanol–water partition coefficient (Wildman–Crippen LogP) is 3.10. The van der Waals surface area contributed by atoms with Crippen molar-refractivity contribution in [2.24, 2.45) is 0 Å². The maximum absolute atomic E-state index is 11.8. The third-order valence-corrected chi connectivity index (χ3v) is 4.17. The SMILES string of the molecule is CCOCCOCCOCCOC(=O)c1ccc(C(C)C)s1. The summed E-state index contributed by atoms with van der Waals surface area (Å²) in [7, 11) is 0. The van der Waals surface area contributed by atoms with Gasteiger partial charge >= 0.3 is 5.97 Å². The van der Waals surface area contributed by atoms with Crippen LogP contribution in [0.1, 0.15) is 41.2 Å². The number of ether oxygens (including phenoxy) is 4. The van der Waals surface area contributed by atoms with Crippen LogP contribution in [-0.4, -0.2) is 52.2 Å². The number of carbonyl (C=O) groups is 1. The van der Waals surface area contributed by atoms with Crippen molar-refractivity contribution in [3.8, 4) is 0 Å². The average molecular weight is 330 g/mol. The zero-order valence-corrected chi connectivity index (χ0v) is 14.4. The summed E-state index contributed by atoms with van der Waals surface area (Å²) in [6, 6.07) is 3.79. The third kappa shape index (κ3) is 7.89. The second-order valence-corrected chi connectivity index (χ2v) is 6.03. The lowest BCUT2D eigenvalue weighted by atomic mass is 10.2. The molecule has 0 aliphatic carbocycles. The molecule has 126 valence electrons. The Morgan fingerprint density at radius 3 is 2.14 bits per heavy atom. The van der Waals surface area contributed by atoms with Crippen molar-refractivity contribution >= 4 is 17.3 Å². The molecule has 0 spiro atoms. The van der Waals surface area contributed by atoms with Gasteiger partial charge in [0.05, 0.1) is 33.0 Å². The molecule has 0 bridgehead atoms. The molecule has 0 radical (unpaired) electrons. The quantitative estimate of drug-likeness (QED) is 0.435. The van der Waals surface area contributed by atoms with Crippen LogP contribution in [0.2, 0.25) is 0 Å². The molecule has 1 heterocycles. The molecule has 22 heavy (non-hydrogen) atoms. The van der Waals surface area contributed by atoms with Gasteiger partial charge in [0, 0.05) is 11.5 Å². The summed E-state index contributed by atoms with van der Waals surface area (Å²) in [6.45, 7) is 9.67. The molecule has 0 fully saturated rings. The van der Waals surface area contributed by atoms with Gasteiger partial charge in [0.1, 0.15) is 11.5 Å². The molecule has 0 amide bonds. The van der Waals surface area contributed by atoms with Gasteiger partial charge in [0.2, 0.25) is 0 Å². The van der Waals surface area contributed by atoms with E-state index in [0.717, 1.165) is 0 Å². The summed E-state index contributed by atoms with van der Waals surface area (Å²) in [4.78, 5) is 13.6. The Balaban J connectivity index is 2.01. The first kappa shape index (κ1) is 19.1. The van der Waals surface area contributed by atoms with Crippen molar-refractivity contribution in [1.82, 2.24) is 0 Å². The first-order valence-electron chi connectivity index (χ1n) is 7.65. The molecule has 0 aliphatic rings. The monoisotopic (exact) mass is 330 g/mol. The van der Waals surface area contributed by atoms with Crippen molar-refractivity contribution in [2.45, 2.75) is 26.7 Å². The fourth-order valence-electron chi connectivity index (χ4n) is 1.62. The van der Waals surface area contributed by atoms with E-state index >= 15 is 0 Å². The van der Waals surface area contributed by atoms with Crippen LogP contribution in [0.5, 0.6) is 0 Å². The second kappa shape index (κ2) is 11.6. The Hall–Kier alpha value is -0.950. The van der Waals surface area contributed by atoms with Crippen LogP contribution in [0.25, 0.3) is 0 Å². The van der Waals surface area contributed by atoms with Crippen LogP contribution in [-0.2, 0) is 18.9 Å². The highest BCUT2D eigenvalue weighted by atomic mass is 32.1. The zero-order chi connectivity index (χ0) is 16.2. The molecule has 0 atom stereocenters.